The first-order chi connectivity index (χ1) is 9.78. The lowest BCUT2D eigenvalue weighted by atomic mass is 10.3. The molecule has 0 N–H and O–H groups in total. The van der Waals surface area contributed by atoms with Crippen molar-refractivity contribution in [2.24, 2.45) is 0 Å². The Kier molecular flexibility index (Phi) is 4.56. The minimum absolute atomic E-state index is 0.262. The van der Waals surface area contributed by atoms with Gasteiger partial charge in [0.25, 0.3) is 0 Å². The Morgan fingerprint density at radius 1 is 1.15 bits per heavy atom. The number of ether oxygens (including phenoxy) is 2. The molecule has 0 aliphatic carbocycles. The smallest absolute Gasteiger partial charge is 0.189 e. The van der Waals surface area contributed by atoms with Crippen LogP contribution in [-0.4, -0.2) is 21.6 Å². The Balaban J connectivity index is 2.05. The van der Waals surface area contributed by atoms with E-state index >= 15 is 0 Å². The molecule has 0 aliphatic rings. The van der Waals surface area contributed by atoms with Crippen molar-refractivity contribution in [1.82, 2.24) is 15.0 Å². The molecule has 0 amide bonds. The highest BCUT2D eigenvalue weighted by Gasteiger charge is 2.12. The van der Waals surface area contributed by atoms with Crippen LogP contribution in [0.5, 0.6) is 11.5 Å². The molecule has 6 heteroatoms. The van der Waals surface area contributed by atoms with Gasteiger partial charge in [-0.1, -0.05) is 5.21 Å². The van der Waals surface area contributed by atoms with Crippen LogP contribution in [0.15, 0.2) is 24.3 Å². The Labute approximate surface area is 117 Å². The van der Waals surface area contributed by atoms with Crippen LogP contribution in [0.25, 0.3) is 0 Å². The topological polar surface area (TPSA) is 73.0 Å². The molecule has 1 aromatic carbocycles. The maximum absolute atomic E-state index is 8.98. The highest BCUT2D eigenvalue weighted by Crippen LogP contribution is 2.19. The highest BCUT2D eigenvalue weighted by atomic mass is 16.5. The molecule has 1 aromatic heterocycles. The van der Waals surface area contributed by atoms with Crippen LogP contribution in [0.1, 0.15) is 25.2 Å². The fraction of sp³-hybridized carbons (Fsp3) is 0.357. The monoisotopic (exact) mass is 272 g/mol. The molecule has 6 nitrogen and oxygen atoms in total. The number of hydrogen-bond acceptors (Lipinski definition) is 5. The predicted molar refractivity (Wildman–Crippen MR) is 72.4 cm³/mol. The van der Waals surface area contributed by atoms with Gasteiger partial charge in [-0.2, -0.15) is 5.26 Å². The lowest BCUT2D eigenvalue weighted by Gasteiger charge is -2.08. The van der Waals surface area contributed by atoms with E-state index < -0.39 is 0 Å². The SMILES string of the molecule is CCOc1ccc(OCc2c(C#N)nnn2CC)cc1. The summed E-state index contributed by atoms with van der Waals surface area (Å²) in [6, 6.07) is 9.37. The lowest BCUT2D eigenvalue weighted by molar-refractivity contribution is 0.290. The number of hydrogen-bond donors (Lipinski definition) is 0. The molecule has 2 aromatic rings. The third-order valence-corrected chi connectivity index (χ3v) is 2.75. The molecule has 0 radical (unpaired) electrons. The summed E-state index contributed by atoms with van der Waals surface area (Å²) >= 11 is 0. The van der Waals surface area contributed by atoms with Crippen molar-refractivity contribution < 1.29 is 9.47 Å². The van der Waals surface area contributed by atoms with Gasteiger partial charge >= 0.3 is 0 Å². The van der Waals surface area contributed by atoms with E-state index in [1.54, 1.807) is 4.68 Å². The number of rotatable bonds is 6. The fourth-order valence-electron chi connectivity index (χ4n) is 1.77. The summed E-state index contributed by atoms with van der Waals surface area (Å²) < 4.78 is 12.7. The molecule has 0 spiro atoms. The molecule has 0 fully saturated rings. The number of benzene rings is 1. The second kappa shape index (κ2) is 6.57. The van der Waals surface area contributed by atoms with Crippen LogP contribution in [0.3, 0.4) is 0 Å². The average molecular weight is 272 g/mol. The van der Waals surface area contributed by atoms with Crippen LogP contribution < -0.4 is 9.47 Å². The number of aryl methyl sites for hydroxylation is 1. The molecular formula is C14H16N4O2. The molecule has 20 heavy (non-hydrogen) atoms. The Morgan fingerprint density at radius 3 is 2.35 bits per heavy atom. The minimum Gasteiger partial charge on any atom is -0.494 e. The summed E-state index contributed by atoms with van der Waals surface area (Å²) in [7, 11) is 0. The highest BCUT2D eigenvalue weighted by molar-refractivity contribution is 5.32. The van der Waals surface area contributed by atoms with E-state index in [-0.39, 0.29) is 6.61 Å². The molecule has 2 rings (SSSR count). The van der Waals surface area contributed by atoms with Crippen molar-refractivity contribution in [3.05, 3.63) is 35.7 Å². The molecule has 104 valence electrons. The van der Waals surface area contributed by atoms with Crippen LogP contribution >= 0.6 is 0 Å². The summed E-state index contributed by atoms with van der Waals surface area (Å²) in [6.45, 7) is 5.42. The van der Waals surface area contributed by atoms with E-state index in [2.05, 4.69) is 10.3 Å². The average Bonchev–Trinajstić information content (AvgIpc) is 2.89. The first-order valence-electron chi connectivity index (χ1n) is 6.46. The summed E-state index contributed by atoms with van der Waals surface area (Å²) in [5, 5.41) is 16.7. The Hall–Kier alpha value is -2.55. The summed E-state index contributed by atoms with van der Waals surface area (Å²) in [5.74, 6) is 1.51. The largest absolute Gasteiger partial charge is 0.494 e. The van der Waals surface area contributed by atoms with Crippen LogP contribution in [-0.2, 0) is 13.2 Å². The van der Waals surface area contributed by atoms with Crippen LogP contribution in [0, 0.1) is 11.3 Å². The molecular weight excluding hydrogens is 256 g/mol. The van der Waals surface area contributed by atoms with Crippen molar-refractivity contribution in [3.8, 4) is 17.6 Å². The van der Waals surface area contributed by atoms with E-state index in [0.29, 0.717) is 30.3 Å². The molecule has 1 heterocycles. The summed E-state index contributed by atoms with van der Waals surface area (Å²) in [5.41, 5.74) is 0.988. The molecule has 0 unspecified atom stereocenters. The third-order valence-electron chi connectivity index (χ3n) is 2.75. The minimum atomic E-state index is 0.262. The first-order valence-corrected chi connectivity index (χ1v) is 6.46. The quantitative estimate of drug-likeness (QED) is 0.805. The Bertz CT molecular complexity index is 599. The molecule has 0 saturated carbocycles. The molecule has 0 atom stereocenters. The summed E-state index contributed by atoms with van der Waals surface area (Å²) in [6.07, 6.45) is 0. The maximum Gasteiger partial charge on any atom is 0.189 e. The van der Waals surface area contributed by atoms with Gasteiger partial charge in [-0.15, -0.1) is 5.10 Å². The van der Waals surface area contributed by atoms with Gasteiger partial charge in [0.2, 0.25) is 0 Å². The van der Waals surface area contributed by atoms with Gasteiger partial charge in [0, 0.05) is 6.54 Å². The van der Waals surface area contributed by atoms with Gasteiger partial charge < -0.3 is 9.47 Å². The zero-order chi connectivity index (χ0) is 14.4. The van der Waals surface area contributed by atoms with Gasteiger partial charge in [0.1, 0.15) is 29.9 Å². The van der Waals surface area contributed by atoms with Crippen molar-refractivity contribution in [2.75, 3.05) is 6.61 Å². The zero-order valence-corrected chi connectivity index (χ0v) is 11.5. The van der Waals surface area contributed by atoms with Crippen LogP contribution in [0.2, 0.25) is 0 Å². The number of nitriles is 1. The van der Waals surface area contributed by atoms with Crippen molar-refractivity contribution in [1.29, 1.82) is 5.26 Å². The summed E-state index contributed by atoms with van der Waals surface area (Å²) in [4.78, 5) is 0. The molecule has 0 aliphatic heterocycles. The molecule has 0 bridgehead atoms. The first kappa shape index (κ1) is 13.9. The zero-order valence-electron chi connectivity index (χ0n) is 11.5. The van der Waals surface area contributed by atoms with E-state index in [4.69, 9.17) is 14.7 Å². The lowest BCUT2D eigenvalue weighted by Crippen LogP contribution is -2.07. The van der Waals surface area contributed by atoms with Gasteiger partial charge in [-0.25, -0.2) is 4.68 Å². The predicted octanol–water partition coefficient (Wildman–Crippen LogP) is 2.15. The van der Waals surface area contributed by atoms with Gasteiger partial charge in [0.15, 0.2) is 5.69 Å². The maximum atomic E-state index is 8.98. The van der Waals surface area contributed by atoms with Crippen molar-refractivity contribution in [2.45, 2.75) is 27.0 Å². The fourth-order valence-corrected chi connectivity index (χ4v) is 1.77. The van der Waals surface area contributed by atoms with E-state index in [0.717, 1.165) is 5.75 Å². The van der Waals surface area contributed by atoms with Crippen molar-refractivity contribution >= 4 is 0 Å². The Morgan fingerprint density at radius 2 is 1.80 bits per heavy atom. The van der Waals surface area contributed by atoms with Gasteiger partial charge in [-0.05, 0) is 38.1 Å². The molecule has 0 saturated heterocycles. The van der Waals surface area contributed by atoms with E-state index in [1.165, 1.54) is 0 Å². The van der Waals surface area contributed by atoms with Crippen LogP contribution in [0.4, 0.5) is 0 Å². The number of nitrogens with zero attached hydrogens (tertiary/aromatic N) is 4. The van der Waals surface area contributed by atoms with E-state index in [1.807, 2.05) is 44.2 Å². The number of aromatic nitrogens is 3. The van der Waals surface area contributed by atoms with Crippen molar-refractivity contribution in [3.63, 3.8) is 0 Å². The van der Waals surface area contributed by atoms with Gasteiger partial charge in [-0.3, -0.25) is 0 Å². The normalized spacial score (nSPS) is 10.1. The second-order valence-electron chi connectivity index (χ2n) is 4.01. The second-order valence-corrected chi connectivity index (χ2v) is 4.01. The third kappa shape index (κ3) is 3.06. The van der Waals surface area contributed by atoms with E-state index in [9.17, 15) is 0 Å². The standard InChI is InChI=1S/C14H16N4O2/c1-3-18-14(13(9-15)16-17-18)10-20-12-7-5-11(6-8-12)19-4-2/h5-8H,3-4,10H2,1-2H3. The van der Waals surface area contributed by atoms with Gasteiger partial charge in [0.05, 0.1) is 6.61 Å².